The molecule has 25 heavy (non-hydrogen) atoms. The lowest BCUT2D eigenvalue weighted by Crippen LogP contribution is -2.48. The molecule has 1 aliphatic rings. The minimum Gasteiger partial charge on any atom is -0.340 e. The van der Waals surface area contributed by atoms with Crippen LogP contribution in [-0.4, -0.2) is 52.8 Å². The number of benzene rings is 1. The molecule has 134 valence electrons. The number of aromatic nitrogens is 1. The summed E-state index contributed by atoms with van der Waals surface area (Å²) in [6.45, 7) is 4.19. The number of thiazole rings is 1. The van der Waals surface area contributed by atoms with Gasteiger partial charge in [0, 0.05) is 54.4 Å². The maximum absolute atomic E-state index is 12.0. The zero-order valence-corrected chi connectivity index (χ0v) is 16.3. The van der Waals surface area contributed by atoms with E-state index >= 15 is 0 Å². The van der Waals surface area contributed by atoms with E-state index in [1.807, 2.05) is 29.2 Å². The molecule has 0 aliphatic carbocycles. The Morgan fingerprint density at radius 3 is 2.56 bits per heavy atom. The number of carbonyl (C=O) groups is 1. The molecule has 3 rings (SSSR count). The second kappa shape index (κ2) is 8.99. The van der Waals surface area contributed by atoms with Gasteiger partial charge in [-0.25, -0.2) is 4.98 Å². The molecule has 1 aromatic carbocycles. The predicted octanol–water partition coefficient (Wildman–Crippen LogP) is 4.13. The van der Waals surface area contributed by atoms with Gasteiger partial charge in [0.25, 0.3) is 0 Å². The smallest absolute Gasteiger partial charge is 0.222 e. The molecule has 0 N–H and O–H groups in total. The van der Waals surface area contributed by atoms with E-state index in [0.29, 0.717) is 12.3 Å². The fourth-order valence-electron chi connectivity index (χ4n) is 2.86. The second-order valence-electron chi connectivity index (χ2n) is 6.08. The van der Waals surface area contributed by atoms with Gasteiger partial charge in [0.05, 0.1) is 12.2 Å². The summed E-state index contributed by atoms with van der Waals surface area (Å²) in [6, 6.07) is 7.76. The highest BCUT2D eigenvalue weighted by Crippen LogP contribution is 2.24. The predicted molar refractivity (Wildman–Crippen MR) is 104 cm³/mol. The summed E-state index contributed by atoms with van der Waals surface area (Å²) in [7, 11) is 0. The number of alkyl halides is 1. The number of hydrogen-bond donors (Lipinski definition) is 0. The van der Waals surface area contributed by atoms with E-state index in [4.69, 9.17) is 28.2 Å². The van der Waals surface area contributed by atoms with Crippen molar-refractivity contribution in [3.8, 4) is 11.3 Å². The molecule has 2 aromatic rings. The Bertz CT molecular complexity index is 697. The summed E-state index contributed by atoms with van der Waals surface area (Å²) >= 11 is 13.3. The van der Waals surface area contributed by atoms with Crippen LogP contribution in [0.15, 0.2) is 29.6 Å². The summed E-state index contributed by atoms with van der Waals surface area (Å²) in [6.07, 6.45) is 1.31. The van der Waals surface area contributed by atoms with Gasteiger partial charge in [0.1, 0.15) is 5.01 Å². The van der Waals surface area contributed by atoms with Gasteiger partial charge in [0.2, 0.25) is 5.91 Å². The number of nitrogens with zero attached hydrogens (tertiary/aromatic N) is 3. The molecular formula is C18H21Cl2N3OS. The minimum absolute atomic E-state index is 0.222. The first-order chi connectivity index (χ1) is 12.2. The van der Waals surface area contributed by atoms with E-state index in [1.54, 1.807) is 11.3 Å². The van der Waals surface area contributed by atoms with E-state index in [9.17, 15) is 4.79 Å². The van der Waals surface area contributed by atoms with Crippen LogP contribution in [0.1, 0.15) is 17.8 Å². The van der Waals surface area contributed by atoms with Gasteiger partial charge in [-0.05, 0) is 18.6 Å². The zero-order chi connectivity index (χ0) is 17.6. The highest BCUT2D eigenvalue weighted by molar-refractivity contribution is 7.09. The van der Waals surface area contributed by atoms with E-state index in [0.717, 1.165) is 60.4 Å². The molecular weight excluding hydrogens is 377 g/mol. The van der Waals surface area contributed by atoms with E-state index in [1.165, 1.54) is 0 Å². The van der Waals surface area contributed by atoms with Crippen LogP contribution in [0.2, 0.25) is 5.02 Å². The monoisotopic (exact) mass is 397 g/mol. The summed E-state index contributed by atoms with van der Waals surface area (Å²) in [5, 5.41) is 3.93. The van der Waals surface area contributed by atoms with Crippen LogP contribution < -0.4 is 0 Å². The average Bonchev–Trinajstić information content (AvgIpc) is 3.09. The van der Waals surface area contributed by atoms with Crippen LogP contribution in [0.25, 0.3) is 11.3 Å². The van der Waals surface area contributed by atoms with Crippen molar-refractivity contribution < 1.29 is 4.79 Å². The van der Waals surface area contributed by atoms with Crippen LogP contribution in [0.5, 0.6) is 0 Å². The van der Waals surface area contributed by atoms with Gasteiger partial charge in [-0.1, -0.05) is 23.7 Å². The van der Waals surface area contributed by atoms with Gasteiger partial charge >= 0.3 is 0 Å². The summed E-state index contributed by atoms with van der Waals surface area (Å²) in [5.41, 5.74) is 2.08. The first-order valence-corrected chi connectivity index (χ1v) is 10.2. The third-order valence-corrected chi connectivity index (χ3v) is 5.65. The largest absolute Gasteiger partial charge is 0.340 e. The lowest BCUT2D eigenvalue weighted by molar-refractivity contribution is -0.133. The first-order valence-electron chi connectivity index (χ1n) is 8.42. The molecule has 0 radical (unpaired) electrons. The number of piperazine rings is 1. The first kappa shape index (κ1) is 18.6. The fraction of sp³-hybridized carbons (Fsp3) is 0.444. The maximum atomic E-state index is 12.0. The molecule has 1 amide bonds. The number of amides is 1. The van der Waals surface area contributed by atoms with Crippen molar-refractivity contribution in [1.82, 2.24) is 14.8 Å². The van der Waals surface area contributed by atoms with Crippen molar-refractivity contribution in [2.45, 2.75) is 19.4 Å². The van der Waals surface area contributed by atoms with Crippen LogP contribution in [0.3, 0.4) is 0 Å². The maximum Gasteiger partial charge on any atom is 0.222 e. The topological polar surface area (TPSA) is 36.4 Å². The van der Waals surface area contributed by atoms with Crippen molar-refractivity contribution in [2.75, 3.05) is 32.1 Å². The zero-order valence-electron chi connectivity index (χ0n) is 14.0. The number of halogens is 2. The van der Waals surface area contributed by atoms with Crippen molar-refractivity contribution in [3.05, 3.63) is 39.7 Å². The Kier molecular flexibility index (Phi) is 6.70. The SMILES string of the molecule is O=C(CCCCl)N1CCN(Cc2nc(-c3ccc(Cl)cc3)cs2)CC1. The molecule has 1 aromatic heterocycles. The molecule has 1 saturated heterocycles. The standard InChI is InChI=1S/C18H21Cl2N3OS/c19-7-1-2-18(24)23-10-8-22(9-11-23)12-17-21-16(13-25-17)14-3-5-15(20)6-4-14/h3-6,13H,1-2,7-12H2. The molecule has 1 aliphatic heterocycles. The Hall–Kier alpha value is -1.14. The van der Waals surface area contributed by atoms with Crippen LogP contribution >= 0.6 is 34.5 Å². The fourth-order valence-corrected chi connectivity index (χ4v) is 3.96. The van der Waals surface area contributed by atoms with Gasteiger partial charge in [-0.2, -0.15) is 0 Å². The summed E-state index contributed by atoms with van der Waals surface area (Å²) in [5.74, 6) is 0.769. The summed E-state index contributed by atoms with van der Waals surface area (Å²) in [4.78, 5) is 21.1. The molecule has 0 atom stereocenters. The second-order valence-corrected chi connectivity index (χ2v) is 7.84. The molecule has 0 saturated carbocycles. The quantitative estimate of drug-likeness (QED) is 0.687. The van der Waals surface area contributed by atoms with Gasteiger partial charge in [-0.3, -0.25) is 9.69 Å². The Morgan fingerprint density at radius 1 is 1.16 bits per heavy atom. The lowest BCUT2D eigenvalue weighted by atomic mass is 10.2. The van der Waals surface area contributed by atoms with Crippen molar-refractivity contribution in [1.29, 1.82) is 0 Å². The van der Waals surface area contributed by atoms with Crippen LogP contribution in [0.4, 0.5) is 0 Å². The average molecular weight is 398 g/mol. The highest BCUT2D eigenvalue weighted by atomic mass is 35.5. The molecule has 0 unspecified atom stereocenters. The van der Waals surface area contributed by atoms with Gasteiger partial charge in [0.15, 0.2) is 0 Å². The Morgan fingerprint density at radius 2 is 1.88 bits per heavy atom. The molecule has 1 fully saturated rings. The van der Waals surface area contributed by atoms with Gasteiger partial charge < -0.3 is 4.90 Å². The van der Waals surface area contributed by atoms with Crippen molar-refractivity contribution >= 4 is 40.4 Å². The number of carbonyl (C=O) groups excluding carboxylic acids is 1. The molecule has 2 heterocycles. The lowest BCUT2D eigenvalue weighted by Gasteiger charge is -2.34. The van der Waals surface area contributed by atoms with Crippen molar-refractivity contribution in [2.24, 2.45) is 0 Å². The van der Waals surface area contributed by atoms with E-state index in [2.05, 4.69) is 10.3 Å². The third-order valence-electron chi connectivity index (χ3n) is 4.30. The number of hydrogen-bond acceptors (Lipinski definition) is 4. The normalized spacial score (nSPS) is 15.5. The van der Waals surface area contributed by atoms with E-state index in [-0.39, 0.29) is 5.91 Å². The molecule has 7 heteroatoms. The van der Waals surface area contributed by atoms with Gasteiger partial charge in [-0.15, -0.1) is 22.9 Å². The van der Waals surface area contributed by atoms with Crippen LogP contribution in [-0.2, 0) is 11.3 Å². The summed E-state index contributed by atoms with van der Waals surface area (Å²) < 4.78 is 0. The molecule has 0 bridgehead atoms. The Balaban J connectivity index is 1.51. The van der Waals surface area contributed by atoms with Crippen molar-refractivity contribution in [3.63, 3.8) is 0 Å². The van der Waals surface area contributed by atoms with E-state index < -0.39 is 0 Å². The minimum atomic E-state index is 0.222. The highest BCUT2D eigenvalue weighted by Gasteiger charge is 2.21. The van der Waals surface area contributed by atoms with Crippen LogP contribution in [0, 0.1) is 0 Å². The molecule has 4 nitrogen and oxygen atoms in total. The third kappa shape index (κ3) is 5.17. The Labute approximate surface area is 162 Å². The molecule has 0 spiro atoms. The number of rotatable bonds is 6.